The summed E-state index contributed by atoms with van der Waals surface area (Å²) in [5.41, 5.74) is 1.63. The van der Waals surface area contributed by atoms with E-state index >= 15 is 0 Å². The highest BCUT2D eigenvalue weighted by molar-refractivity contribution is 6.07. The molecule has 0 spiro atoms. The van der Waals surface area contributed by atoms with E-state index in [1.165, 1.54) is 18.2 Å². The zero-order valence-corrected chi connectivity index (χ0v) is 13.5. The van der Waals surface area contributed by atoms with Gasteiger partial charge in [-0.2, -0.15) is 8.78 Å². The molecule has 0 aromatic heterocycles. The third-order valence-corrected chi connectivity index (χ3v) is 3.53. The second-order valence-electron chi connectivity index (χ2n) is 5.29. The fraction of sp³-hybridized carbons (Fsp3) is 0.222. The number of hydrogen-bond acceptors (Lipinski definition) is 5. The molecule has 1 unspecified atom stereocenters. The molecule has 25 heavy (non-hydrogen) atoms. The minimum Gasteiger partial charge on any atom is -0.435 e. The lowest BCUT2D eigenvalue weighted by atomic mass is 9.99. The van der Waals surface area contributed by atoms with Gasteiger partial charge < -0.3 is 20.6 Å². The molecule has 0 saturated heterocycles. The number of hydrogen-bond donors (Lipinski definition) is 3. The Morgan fingerprint density at radius 3 is 2.72 bits per heavy atom. The summed E-state index contributed by atoms with van der Waals surface area (Å²) in [6.45, 7) is -1.19. The van der Waals surface area contributed by atoms with Crippen molar-refractivity contribution in [3.8, 4) is 5.75 Å². The number of aliphatic hydroxyl groups excluding tert-OH is 1. The fourth-order valence-electron chi connectivity index (χ4n) is 2.26. The molecule has 0 saturated carbocycles. The van der Waals surface area contributed by atoms with E-state index < -0.39 is 12.7 Å². The molecule has 5 nitrogen and oxygen atoms in total. The second kappa shape index (κ2) is 8.34. The van der Waals surface area contributed by atoms with Gasteiger partial charge in [0.2, 0.25) is 0 Å². The summed E-state index contributed by atoms with van der Waals surface area (Å²) in [7, 11) is 0. The quantitative estimate of drug-likeness (QED) is 0.498. The van der Waals surface area contributed by atoms with E-state index in [9.17, 15) is 18.7 Å². The van der Waals surface area contributed by atoms with Crippen molar-refractivity contribution < 1.29 is 23.4 Å². The standard InChI is InChI=1S/C18H18F2N2O3/c1-2-16(24)17(21)14-8-11(10-23)6-7-15(14)22-12-4-3-5-13(9-12)25-18(19)20/h3-10,16,18,21-22,24H,2H2,1H3. The number of benzene rings is 2. The molecule has 2 aromatic rings. The van der Waals surface area contributed by atoms with E-state index in [4.69, 9.17) is 5.41 Å². The van der Waals surface area contributed by atoms with Crippen LogP contribution in [0.1, 0.15) is 29.3 Å². The lowest BCUT2D eigenvalue weighted by molar-refractivity contribution is -0.0498. The Labute approximate surface area is 143 Å². The topological polar surface area (TPSA) is 82.4 Å². The summed E-state index contributed by atoms with van der Waals surface area (Å²) in [5, 5.41) is 21.1. The van der Waals surface area contributed by atoms with Crippen molar-refractivity contribution in [1.29, 1.82) is 5.41 Å². The normalized spacial score (nSPS) is 11.9. The maximum atomic E-state index is 12.3. The molecule has 2 aromatic carbocycles. The Morgan fingerprint density at radius 2 is 2.08 bits per heavy atom. The number of alkyl halides is 2. The van der Waals surface area contributed by atoms with E-state index in [0.29, 0.717) is 35.2 Å². The highest BCUT2D eigenvalue weighted by atomic mass is 19.3. The minimum atomic E-state index is -2.93. The van der Waals surface area contributed by atoms with Gasteiger partial charge in [0.15, 0.2) is 0 Å². The van der Waals surface area contributed by atoms with E-state index in [2.05, 4.69) is 10.1 Å². The van der Waals surface area contributed by atoms with Gasteiger partial charge in [-0.15, -0.1) is 0 Å². The zero-order chi connectivity index (χ0) is 18.4. The van der Waals surface area contributed by atoms with Gasteiger partial charge in [-0.25, -0.2) is 0 Å². The third-order valence-electron chi connectivity index (χ3n) is 3.53. The van der Waals surface area contributed by atoms with Crippen LogP contribution in [-0.4, -0.2) is 29.8 Å². The first-order valence-electron chi connectivity index (χ1n) is 7.62. The second-order valence-corrected chi connectivity index (χ2v) is 5.29. The lowest BCUT2D eigenvalue weighted by Gasteiger charge is -2.17. The smallest absolute Gasteiger partial charge is 0.387 e. The van der Waals surface area contributed by atoms with Crippen LogP contribution in [0.4, 0.5) is 20.2 Å². The first-order chi connectivity index (χ1) is 11.9. The molecule has 2 rings (SSSR count). The number of rotatable bonds is 8. The van der Waals surface area contributed by atoms with Crippen molar-refractivity contribution in [3.05, 3.63) is 53.6 Å². The van der Waals surface area contributed by atoms with E-state index in [-0.39, 0.29) is 11.5 Å². The summed E-state index contributed by atoms with van der Waals surface area (Å²) in [4.78, 5) is 11.0. The van der Waals surface area contributed by atoms with Crippen LogP contribution < -0.4 is 10.1 Å². The maximum absolute atomic E-state index is 12.3. The van der Waals surface area contributed by atoms with Crippen LogP contribution in [-0.2, 0) is 0 Å². The lowest BCUT2D eigenvalue weighted by Crippen LogP contribution is -2.20. The van der Waals surface area contributed by atoms with Crippen LogP contribution in [0.2, 0.25) is 0 Å². The average molecular weight is 348 g/mol. The first kappa shape index (κ1) is 18.5. The highest BCUT2D eigenvalue weighted by Crippen LogP contribution is 2.26. The number of halogens is 2. The van der Waals surface area contributed by atoms with Crippen molar-refractivity contribution in [2.75, 3.05) is 5.32 Å². The first-order valence-corrected chi connectivity index (χ1v) is 7.62. The van der Waals surface area contributed by atoms with E-state index in [1.807, 2.05) is 0 Å². The number of nitrogens with one attached hydrogen (secondary N) is 2. The molecule has 0 aliphatic carbocycles. The Balaban J connectivity index is 2.35. The molecule has 0 radical (unpaired) electrons. The van der Waals surface area contributed by atoms with Crippen molar-refractivity contribution in [1.82, 2.24) is 0 Å². The number of aldehydes is 1. The van der Waals surface area contributed by atoms with Gasteiger partial charge in [-0.1, -0.05) is 13.0 Å². The van der Waals surface area contributed by atoms with Gasteiger partial charge in [-0.05, 0) is 36.8 Å². The van der Waals surface area contributed by atoms with Crippen LogP contribution in [0, 0.1) is 5.41 Å². The molecule has 0 aliphatic heterocycles. The SMILES string of the molecule is CCC(O)C(=N)c1cc(C=O)ccc1Nc1cccc(OC(F)F)c1. The Kier molecular flexibility index (Phi) is 6.19. The van der Waals surface area contributed by atoms with Gasteiger partial charge in [0.05, 0.1) is 11.8 Å². The summed E-state index contributed by atoms with van der Waals surface area (Å²) < 4.78 is 29.0. The van der Waals surface area contributed by atoms with Crippen molar-refractivity contribution in [2.24, 2.45) is 0 Å². The van der Waals surface area contributed by atoms with Crippen molar-refractivity contribution >= 4 is 23.4 Å². The number of aliphatic hydroxyl groups is 1. The summed E-state index contributed by atoms with van der Waals surface area (Å²) in [5.74, 6) is -0.00488. The maximum Gasteiger partial charge on any atom is 0.387 e. The van der Waals surface area contributed by atoms with Crippen LogP contribution >= 0.6 is 0 Å². The Bertz CT molecular complexity index is 766. The molecule has 0 heterocycles. The monoisotopic (exact) mass is 348 g/mol. The molecular formula is C18H18F2N2O3. The molecule has 132 valence electrons. The predicted molar refractivity (Wildman–Crippen MR) is 91.3 cm³/mol. The zero-order valence-electron chi connectivity index (χ0n) is 13.5. The average Bonchev–Trinajstić information content (AvgIpc) is 2.60. The van der Waals surface area contributed by atoms with Gasteiger partial charge in [0.1, 0.15) is 12.0 Å². The van der Waals surface area contributed by atoms with Gasteiger partial charge >= 0.3 is 6.61 Å². The summed E-state index contributed by atoms with van der Waals surface area (Å²) in [6, 6.07) is 10.6. The van der Waals surface area contributed by atoms with Crippen molar-refractivity contribution in [2.45, 2.75) is 26.1 Å². The third kappa shape index (κ3) is 4.84. The molecular weight excluding hydrogens is 330 g/mol. The molecule has 0 bridgehead atoms. The predicted octanol–water partition coefficient (Wildman–Crippen LogP) is 3.98. The van der Waals surface area contributed by atoms with Crippen LogP contribution in [0.15, 0.2) is 42.5 Å². The van der Waals surface area contributed by atoms with Crippen LogP contribution in [0.5, 0.6) is 5.75 Å². The van der Waals surface area contributed by atoms with E-state index in [1.54, 1.807) is 31.2 Å². The van der Waals surface area contributed by atoms with Crippen LogP contribution in [0.3, 0.4) is 0 Å². The Morgan fingerprint density at radius 1 is 1.32 bits per heavy atom. The summed E-state index contributed by atoms with van der Waals surface area (Å²) >= 11 is 0. The van der Waals surface area contributed by atoms with Gasteiger partial charge in [-0.3, -0.25) is 4.79 Å². The number of carbonyl (C=O) groups is 1. The molecule has 0 amide bonds. The molecule has 1 atom stereocenters. The Hall–Kier alpha value is -2.80. The van der Waals surface area contributed by atoms with Gasteiger partial charge in [0.25, 0.3) is 0 Å². The molecule has 7 heteroatoms. The number of carbonyl (C=O) groups excluding carboxylic acids is 1. The minimum absolute atomic E-state index is 0.00488. The molecule has 0 aliphatic rings. The van der Waals surface area contributed by atoms with Crippen molar-refractivity contribution in [3.63, 3.8) is 0 Å². The molecule has 3 N–H and O–H groups in total. The largest absolute Gasteiger partial charge is 0.435 e. The van der Waals surface area contributed by atoms with E-state index in [0.717, 1.165) is 0 Å². The molecule has 0 fully saturated rings. The number of ether oxygens (including phenoxy) is 1. The highest BCUT2D eigenvalue weighted by Gasteiger charge is 2.16. The number of anilines is 2. The van der Waals surface area contributed by atoms with Gasteiger partial charge in [0, 0.05) is 28.6 Å². The fourth-order valence-corrected chi connectivity index (χ4v) is 2.26. The summed E-state index contributed by atoms with van der Waals surface area (Å²) in [6.07, 6.45) is 0.0213. The van der Waals surface area contributed by atoms with Crippen LogP contribution in [0.25, 0.3) is 0 Å².